The lowest BCUT2D eigenvalue weighted by Gasteiger charge is -2.24. The number of anilines is 1. The molecule has 0 bridgehead atoms. The number of nitrogens with zero attached hydrogens (tertiary/aromatic N) is 2. The number of halogens is 1. The molecule has 144 valence electrons. The van der Waals surface area contributed by atoms with Crippen LogP contribution in [0.3, 0.4) is 0 Å². The van der Waals surface area contributed by atoms with Crippen molar-refractivity contribution in [3.8, 4) is 0 Å². The van der Waals surface area contributed by atoms with E-state index in [2.05, 4.69) is 10.3 Å². The van der Waals surface area contributed by atoms with Gasteiger partial charge in [-0.1, -0.05) is 11.3 Å². The molecule has 27 heavy (non-hydrogen) atoms. The van der Waals surface area contributed by atoms with Crippen molar-refractivity contribution in [1.82, 2.24) is 9.88 Å². The summed E-state index contributed by atoms with van der Waals surface area (Å²) in [6.45, 7) is 3.16. The first-order valence-corrected chi connectivity index (χ1v) is 10.4. The first kappa shape index (κ1) is 19.6. The summed E-state index contributed by atoms with van der Waals surface area (Å²) in [6.07, 6.45) is 0.669. The van der Waals surface area contributed by atoms with Gasteiger partial charge < -0.3 is 15.0 Å². The Labute approximate surface area is 165 Å². The number of aromatic nitrogens is 1. The van der Waals surface area contributed by atoms with Gasteiger partial charge in [0.05, 0.1) is 18.8 Å². The van der Waals surface area contributed by atoms with Crippen molar-refractivity contribution in [3.63, 3.8) is 0 Å². The molecule has 1 aliphatic heterocycles. The molecule has 9 heteroatoms. The Bertz CT molecular complexity index is 811. The van der Waals surface area contributed by atoms with Crippen LogP contribution in [-0.4, -0.2) is 40.8 Å². The highest BCUT2D eigenvalue weighted by Crippen LogP contribution is 2.29. The number of nitrogens with one attached hydrogen (secondary N) is 1. The van der Waals surface area contributed by atoms with E-state index in [1.165, 1.54) is 35.2 Å². The van der Waals surface area contributed by atoms with Crippen LogP contribution in [0.15, 0.2) is 29.2 Å². The molecule has 3 rings (SSSR count). The maximum absolute atomic E-state index is 12.9. The van der Waals surface area contributed by atoms with Crippen LogP contribution in [0.25, 0.3) is 0 Å². The van der Waals surface area contributed by atoms with Crippen LogP contribution >= 0.6 is 23.1 Å². The topological polar surface area (TPSA) is 71.5 Å². The van der Waals surface area contributed by atoms with Crippen molar-refractivity contribution < 1.29 is 18.7 Å². The number of thiazole rings is 1. The summed E-state index contributed by atoms with van der Waals surface area (Å²) in [4.78, 5) is 32.0. The van der Waals surface area contributed by atoms with Gasteiger partial charge in [0.1, 0.15) is 5.82 Å². The van der Waals surface area contributed by atoms with Gasteiger partial charge in [-0.3, -0.25) is 4.79 Å². The minimum Gasteiger partial charge on any atom is -0.450 e. The molecule has 0 fully saturated rings. The van der Waals surface area contributed by atoms with Crippen LogP contribution in [0.1, 0.15) is 23.9 Å². The van der Waals surface area contributed by atoms with E-state index in [0.717, 1.165) is 15.5 Å². The number of thioether (sulfide) groups is 1. The van der Waals surface area contributed by atoms with Crippen molar-refractivity contribution in [2.45, 2.75) is 31.2 Å². The zero-order valence-corrected chi connectivity index (χ0v) is 16.5. The molecule has 0 radical (unpaired) electrons. The third-order valence-electron chi connectivity index (χ3n) is 3.92. The second-order valence-electron chi connectivity index (χ2n) is 5.86. The van der Waals surface area contributed by atoms with Crippen LogP contribution < -0.4 is 5.32 Å². The monoisotopic (exact) mass is 409 g/mol. The summed E-state index contributed by atoms with van der Waals surface area (Å²) in [7, 11) is 0. The third-order valence-corrected chi connectivity index (χ3v) is 5.93. The standard InChI is InChI=1S/C18H20FN3O3S2/c1-2-25-18(24)22-9-7-14-15(11-22)27-17(20-14)21-16(23)8-10-26-13-5-3-12(19)4-6-13/h3-6H,2,7-11H2,1H3,(H,20,21,23). The third kappa shape index (κ3) is 5.43. The summed E-state index contributed by atoms with van der Waals surface area (Å²) in [6, 6.07) is 6.20. The number of carbonyl (C=O) groups excluding carboxylic acids is 2. The fourth-order valence-corrected chi connectivity index (χ4v) is 4.49. The number of hydrogen-bond acceptors (Lipinski definition) is 6. The molecule has 0 atom stereocenters. The molecule has 2 aromatic rings. The Morgan fingerprint density at radius 1 is 1.37 bits per heavy atom. The Hall–Kier alpha value is -2.13. The number of rotatable bonds is 6. The second kappa shape index (κ2) is 9.18. The van der Waals surface area contributed by atoms with Gasteiger partial charge in [-0.2, -0.15) is 0 Å². The summed E-state index contributed by atoms with van der Waals surface area (Å²) in [5, 5.41) is 3.38. The summed E-state index contributed by atoms with van der Waals surface area (Å²) >= 11 is 2.89. The molecule has 1 aromatic heterocycles. The smallest absolute Gasteiger partial charge is 0.410 e. The van der Waals surface area contributed by atoms with Crippen molar-refractivity contribution in [2.24, 2.45) is 0 Å². The molecule has 0 unspecified atom stereocenters. The van der Waals surface area contributed by atoms with Gasteiger partial charge in [-0.05, 0) is 31.2 Å². The van der Waals surface area contributed by atoms with E-state index in [0.29, 0.717) is 43.4 Å². The van der Waals surface area contributed by atoms with E-state index in [-0.39, 0.29) is 17.8 Å². The van der Waals surface area contributed by atoms with Crippen LogP contribution in [-0.2, 0) is 22.5 Å². The summed E-state index contributed by atoms with van der Waals surface area (Å²) in [5.41, 5.74) is 0.927. The highest BCUT2D eigenvalue weighted by Gasteiger charge is 2.25. The predicted octanol–water partition coefficient (Wildman–Crippen LogP) is 3.92. The lowest BCUT2D eigenvalue weighted by atomic mass is 10.2. The minimum absolute atomic E-state index is 0.113. The molecule has 0 aliphatic carbocycles. The molecule has 0 saturated carbocycles. The van der Waals surface area contributed by atoms with Gasteiger partial charge in [0.25, 0.3) is 0 Å². The van der Waals surface area contributed by atoms with Crippen molar-refractivity contribution in [3.05, 3.63) is 40.7 Å². The van der Waals surface area contributed by atoms with Crippen LogP contribution in [0, 0.1) is 5.82 Å². The van der Waals surface area contributed by atoms with E-state index in [1.807, 2.05) is 0 Å². The molecular formula is C18H20FN3O3S2. The summed E-state index contributed by atoms with van der Waals surface area (Å²) in [5.74, 6) is 0.212. The number of ether oxygens (including phenoxy) is 1. The molecule has 0 spiro atoms. The van der Waals surface area contributed by atoms with Gasteiger partial charge in [-0.15, -0.1) is 11.8 Å². The largest absolute Gasteiger partial charge is 0.450 e. The number of benzene rings is 1. The van der Waals surface area contributed by atoms with Crippen molar-refractivity contribution in [1.29, 1.82) is 0 Å². The van der Waals surface area contributed by atoms with Gasteiger partial charge in [0.15, 0.2) is 5.13 Å². The average molecular weight is 410 g/mol. The van der Waals surface area contributed by atoms with E-state index in [1.54, 1.807) is 24.0 Å². The fraction of sp³-hybridized carbons (Fsp3) is 0.389. The lowest BCUT2D eigenvalue weighted by Crippen LogP contribution is -2.35. The predicted molar refractivity (Wildman–Crippen MR) is 104 cm³/mol. The molecule has 1 aromatic carbocycles. The Balaban J connectivity index is 1.48. The second-order valence-corrected chi connectivity index (χ2v) is 8.11. The lowest BCUT2D eigenvalue weighted by molar-refractivity contribution is -0.115. The number of amides is 2. The molecule has 2 heterocycles. The molecular weight excluding hydrogens is 389 g/mol. The quantitative estimate of drug-likeness (QED) is 0.733. The average Bonchev–Trinajstić information content (AvgIpc) is 3.04. The normalized spacial score (nSPS) is 13.2. The van der Waals surface area contributed by atoms with E-state index in [4.69, 9.17) is 4.74 Å². The first-order chi connectivity index (χ1) is 13.0. The zero-order chi connectivity index (χ0) is 19.2. The van der Waals surface area contributed by atoms with Crippen LogP contribution in [0.2, 0.25) is 0 Å². The SMILES string of the molecule is CCOC(=O)N1CCc2nc(NC(=O)CCSc3ccc(F)cc3)sc2C1. The van der Waals surface area contributed by atoms with Crippen molar-refractivity contribution in [2.75, 3.05) is 24.2 Å². The Kier molecular flexibility index (Phi) is 6.68. The number of fused-ring (bicyclic) bond motifs is 1. The van der Waals surface area contributed by atoms with Gasteiger partial charge >= 0.3 is 6.09 Å². The van der Waals surface area contributed by atoms with Crippen LogP contribution in [0.4, 0.5) is 14.3 Å². The highest BCUT2D eigenvalue weighted by molar-refractivity contribution is 7.99. The maximum Gasteiger partial charge on any atom is 0.410 e. The fourth-order valence-electron chi connectivity index (χ4n) is 2.59. The molecule has 6 nitrogen and oxygen atoms in total. The van der Waals surface area contributed by atoms with Gasteiger partial charge in [0.2, 0.25) is 5.91 Å². The summed E-state index contributed by atoms with van der Waals surface area (Å²) < 4.78 is 17.9. The zero-order valence-electron chi connectivity index (χ0n) is 14.9. The van der Waals surface area contributed by atoms with E-state index < -0.39 is 0 Å². The Morgan fingerprint density at radius 2 is 2.15 bits per heavy atom. The van der Waals surface area contributed by atoms with Gasteiger partial charge in [-0.25, -0.2) is 14.2 Å². The van der Waals surface area contributed by atoms with Crippen molar-refractivity contribution >= 4 is 40.2 Å². The van der Waals surface area contributed by atoms with E-state index in [9.17, 15) is 14.0 Å². The maximum atomic E-state index is 12.9. The highest BCUT2D eigenvalue weighted by atomic mass is 32.2. The van der Waals surface area contributed by atoms with Crippen LogP contribution in [0.5, 0.6) is 0 Å². The number of carbonyl (C=O) groups is 2. The Morgan fingerprint density at radius 3 is 2.89 bits per heavy atom. The molecule has 1 aliphatic rings. The van der Waals surface area contributed by atoms with E-state index >= 15 is 0 Å². The first-order valence-electron chi connectivity index (χ1n) is 8.63. The molecule has 2 amide bonds. The van der Waals surface area contributed by atoms with Gasteiger partial charge in [0, 0.05) is 34.9 Å². The number of hydrogen-bond donors (Lipinski definition) is 1. The molecule has 1 N–H and O–H groups in total. The minimum atomic E-state index is -0.319. The molecule has 0 saturated heterocycles.